The van der Waals surface area contributed by atoms with E-state index in [4.69, 9.17) is 14.7 Å². The van der Waals surface area contributed by atoms with Gasteiger partial charge in [-0.15, -0.1) is 0 Å². The van der Waals surface area contributed by atoms with E-state index in [-0.39, 0.29) is 0 Å². The van der Waals surface area contributed by atoms with Gasteiger partial charge in [-0.1, -0.05) is 176 Å². The Hall–Kier alpha value is -6.58. The summed E-state index contributed by atoms with van der Waals surface area (Å²) in [5.74, 6) is 2.43. The molecule has 9 rings (SSSR count). The highest BCUT2D eigenvalue weighted by atomic mass is 16.5. The Balaban J connectivity index is 1.19. The lowest BCUT2D eigenvalue weighted by atomic mass is 9.63. The lowest BCUT2D eigenvalue weighted by Gasteiger charge is -2.41. The van der Waals surface area contributed by atoms with Gasteiger partial charge in [0.1, 0.15) is 11.5 Å². The average molecular weight is 641 g/mol. The van der Waals surface area contributed by atoms with Crippen molar-refractivity contribution in [2.45, 2.75) is 5.41 Å². The third-order valence-electron chi connectivity index (χ3n) is 9.67. The average Bonchev–Trinajstić information content (AvgIpc) is 3.21. The molecule has 0 radical (unpaired) electrons. The predicted molar refractivity (Wildman–Crippen MR) is 202 cm³/mol. The first-order valence-electron chi connectivity index (χ1n) is 16.9. The Kier molecular flexibility index (Phi) is 7.37. The summed E-state index contributed by atoms with van der Waals surface area (Å²) in [5, 5.41) is 0. The lowest BCUT2D eigenvalue weighted by molar-refractivity contribution is 0.434. The van der Waals surface area contributed by atoms with E-state index in [1.807, 2.05) is 36.4 Å². The largest absolute Gasteiger partial charge is 0.457 e. The van der Waals surface area contributed by atoms with Gasteiger partial charge in [-0.3, -0.25) is 0 Å². The van der Waals surface area contributed by atoms with Gasteiger partial charge >= 0.3 is 0 Å². The van der Waals surface area contributed by atoms with E-state index < -0.39 is 5.41 Å². The van der Waals surface area contributed by atoms with Gasteiger partial charge in [0.15, 0.2) is 5.82 Å². The highest BCUT2D eigenvalue weighted by Gasteiger charge is 2.45. The summed E-state index contributed by atoms with van der Waals surface area (Å²) in [6.07, 6.45) is 0. The minimum absolute atomic E-state index is 0.572. The molecule has 0 N–H and O–H groups in total. The van der Waals surface area contributed by atoms with Crippen LogP contribution in [0.5, 0.6) is 11.5 Å². The first kappa shape index (κ1) is 29.6. The Bertz CT molecular complexity index is 2380. The van der Waals surface area contributed by atoms with Gasteiger partial charge in [0.2, 0.25) is 0 Å². The van der Waals surface area contributed by atoms with Crippen molar-refractivity contribution >= 4 is 0 Å². The monoisotopic (exact) mass is 640 g/mol. The molecule has 1 aliphatic rings. The van der Waals surface area contributed by atoms with E-state index in [0.29, 0.717) is 5.82 Å². The van der Waals surface area contributed by atoms with Crippen molar-refractivity contribution in [3.05, 3.63) is 216 Å². The van der Waals surface area contributed by atoms with Gasteiger partial charge in [-0.25, -0.2) is 9.97 Å². The second kappa shape index (κ2) is 12.5. The van der Waals surface area contributed by atoms with Crippen molar-refractivity contribution in [3.8, 4) is 56.5 Å². The second-order valence-electron chi connectivity index (χ2n) is 12.6. The second-order valence-corrected chi connectivity index (χ2v) is 12.6. The molecule has 0 unspecified atom stereocenters. The maximum Gasteiger partial charge on any atom is 0.160 e. The number of para-hydroxylation sites is 2. The van der Waals surface area contributed by atoms with Crippen LogP contribution in [0.1, 0.15) is 22.3 Å². The third-order valence-corrected chi connectivity index (χ3v) is 9.67. The van der Waals surface area contributed by atoms with Crippen LogP contribution in [0.15, 0.2) is 194 Å². The number of hydrogen-bond acceptors (Lipinski definition) is 3. The molecule has 236 valence electrons. The van der Waals surface area contributed by atoms with Gasteiger partial charge in [0, 0.05) is 27.8 Å². The highest BCUT2D eigenvalue weighted by Crippen LogP contribution is 2.55. The van der Waals surface area contributed by atoms with E-state index >= 15 is 0 Å². The van der Waals surface area contributed by atoms with Crippen molar-refractivity contribution in [1.29, 1.82) is 0 Å². The van der Waals surface area contributed by atoms with E-state index in [2.05, 4.69) is 158 Å². The minimum Gasteiger partial charge on any atom is -0.457 e. The fraction of sp³-hybridized carbons (Fsp3) is 0.0213. The van der Waals surface area contributed by atoms with Gasteiger partial charge < -0.3 is 4.74 Å². The quantitative estimate of drug-likeness (QED) is 0.181. The normalized spacial score (nSPS) is 12.7. The number of fused-ring (bicyclic) bond motifs is 2. The molecule has 3 nitrogen and oxygen atoms in total. The van der Waals surface area contributed by atoms with Crippen LogP contribution in [-0.4, -0.2) is 9.97 Å². The fourth-order valence-corrected chi connectivity index (χ4v) is 7.29. The number of benzene rings is 7. The molecule has 0 bridgehead atoms. The zero-order valence-electron chi connectivity index (χ0n) is 27.3. The van der Waals surface area contributed by atoms with Crippen molar-refractivity contribution in [1.82, 2.24) is 9.97 Å². The van der Waals surface area contributed by atoms with Gasteiger partial charge in [-0.05, 0) is 40.5 Å². The summed E-state index contributed by atoms with van der Waals surface area (Å²) in [4.78, 5) is 10.2. The summed E-state index contributed by atoms with van der Waals surface area (Å²) in [6.45, 7) is 0. The SMILES string of the molecule is c1ccc(-c2ccc(-c3cc(-c4ccc(C5(c6ccccc6)c6ccccc6Oc6ccccc65)cc4)nc(-c4ccccc4)n3)cc2)cc1. The smallest absolute Gasteiger partial charge is 0.160 e. The summed E-state index contributed by atoms with van der Waals surface area (Å²) in [6, 6.07) is 67.8. The zero-order chi connectivity index (χ0) is 33.3. The fourth-order valence-electron chi connectivity index (χ4n) is 7.29. The van der Waals surface area contributed by atoms with Crippen molar-refractivity contribution in [2.75, 3.05) is 0 Å². The van der Waals surface area contributed by atoms with E-state index in [1.54, 1.807) is 0 Å². The predicted octanol–water partition coefficient (Wildman–Crippen LogP) is 11.6. The number of rotatable bonds is 6. The number of aromatic nitrogens is 2. The van der Waals surface area contributed by atoms with Crippen molar-refractivity contribution in [3.63, 3.8) is 0 Å². The van der Waals surface area contributed by atoms with Crippen LogP contribution in [-0.2, 0) is 5.41 Å². The van der Waals surface area contributed by atoms with Crippen LogP contribution in [0.3, 0.4) is 0 Å². The maximum atomic E-state index is 6.49. The van der Waals surface area contributed by atoms with Gasteiger partial charge in [0.05, 0.1) is 16.8 Å². The van der Waals surface area contributed by atoms with Crippen LogP contribution >= 0.6 is 0 Å². The third kappa shape index (κ3) is 5.08. The summed E-state index contributed by atoms with van der Waals surface area (Å²) < 4.78 is 6.49. The van der Waals surface area contributed by atoms with Gasteiger partial charge in [0.25, 0.3) is 0 Å². The van der Waals surface area contributed by atoms with Crippen LogP contribution in [0.4, 0.5) is 0 Å². The van der Waals surface area contributed by atoms with Crippen molar-refractivity contribution < 1.29 is 4.74 Å². The van der Waals surface area contributed by atoms with E-state index in [0.717, 1.165) is 56.3 Å². The highest BCUT2D eigenvalue weighted by molar-refractivity contribution is 5.75. The Morgan fingerprint density at radius 2 is 0.740 bits per heavy atom. The van der Waals surface area contributed by atoms with Crippen LogP contribution in [0.25, 0.3) is 45.0 Å². The molecule has 0 aliphatic carbocycles. The lowest BCUT2D eigenvalue weighted by Crippen LogP contribution is -2.34. The first-order valence-corrected chi connectivity index (χ1v) is 16.9. The van der Waals surface area contributed by atoms with Gasteiger partial charge in [-0.2, -0.15) is 0 Å². The van der Waals surface area contributed by atoms with Crippen LogP contribution < -0.4 is 4.74 Å². The molecule has 50 heavy (non-hydrogen) atoms. The minimum atomic E-state index is -0.572. The molecule has 8 aromatic rings. The molecule has 0 fully saturated rings. The first-order chi connectivity index (χ1) is 24.8. The number of nitrogens with zero attached hydrogens (tertiary/aromatic N) is 2. The number of ether oxygens (including phenoxy) is 1. The molecule has 1 aromatic heterocycles. The summed E-state index contributed by atoms with van der Waals surface area (Å²) in [7, 11) is 0. The number of hydrogen-bond donors (Lipinski definition) is 0. The Morgan fingerprint density at radius 1 is 0.340 bits per heavy atom. The molecule has 0 saturated carbocycles. The maximum absolute atomic E-state index is 6.49. The van der Waals surface area contributed by atoms with Crippen LogP contribution in [0, 0.1) is 0 Å². The van der Waals surface area contributed by atoms with E-state index in [9.17, 15) is 0 Å². The topological polar surface area (TPSA) is 35.0 Å². The Morgan fingerprint density at radius 3 is 1.30 bits per heavy atom. The molecule has 7 aromatic carbocycles. The molecule has 3 heteroatoms. The molecular weight excluding hydrogens is 609 g/mol. The van der Waals surface area contributed by atoms with Crippen LogP contribution in [0.2, 0.25) is 0 Å². The molecule has 0 saturated heterocycles. The molecule has 0 amide bonds. The molecule has 0 atom stereocenters. The van der Waals surface area contributed by atoms with Crippen molar-refractivity contribution in [2.24, 2.45) is 0 Å². The molecule has 2 heterocycles. The Labute approximate surface area is 292 Å². The van der Waals surface area contributed by atoms with E-state index in [1.165, 1.54) is 16.7 Å². The zero-order valence-corrected chi connectivity index (χ0v) is 27.3. The standard InChI is InChI=1S/C47H32N2O/c1-4-14-33(15-5-1)34-24-26-35(27-25-34)42-32-43(49-46(48-42)37-16-6-2-7-17-37)36-28-30-39(31-29-36)47(38-18-8-3-9-19-38)40-20-10-12-22-44(40)50-45-23-13-11-21-41(45)47/h1-32H. The molecule has 1 aliphatic heterocycles. The molecule has 0 spiro atoms. The summed E-state index contributed by atoms with van der Waals surface area (Å²) in [5.41, 5.74) is 11.2. The molecular formula is C47H32N2O. The summed E-state index contributed by atoms with van der Waals surface area (Å²) >= 11 is 0.